The van der Waals surface area contributed by atoms with Crippen molar-refractivity contribution in [2.24, 2.45) is 5.10 Å². The molecule has 1 aliphatic heterocycles. The highest BCUT2D eigenvalue weighted by molar-refractivity contribution is 7.11. The van der Waals surface area contributed by atoms with Crippen LogP contribution in [0.3, 0.4) is 0 Å². The van der Waals surface area contributed by atoms with Crippen LogP contribution >= 0.6 is 11.3 Å². The normalized spacial score (nSPS) is 16.4. The fourth-order valence-corrected chi connectivity index (χ4v) is 2.86. The van der Waals surface area contributed by atoms with Crippen LogP contribution in [0.15, 0.2) is 59.1 Å². The second kappa shape index (κ2) is 6.48. The Morgan fingerprint density at radius 1 is 1.55 bits per heavy atom. The van der Waals surface area contributed by atoms with E-state index in [-0.39, 0.29) is 5.82 Å². The summed E-state index contributed by atoms with van der Waals surface area (Å²) in [5.41, 5.74) is 2.84. The van der Waals surface area contributed by atoms with E-state index >= 15 is 0 Å². The molecule has 0 unspecified atom stereocenters. The summed E-state index contributed by atoms with van der Waals surface area (Å²) in [4.78, 5) is 0.638. The van der Waals surface area contributed by atoms with Gasteiger partial charge < -0.3 is 0 Å². The highest BCUT2D eigenvalue weighted by Crippen LogP contribution is 2.30. The van der Waals surface area contributed by atoms with Crippen LogP contribution in [0.1, 0.15) is 18.2 Å². The molecule has 0 radical (unpaired) electrons. The summed E-state index contributed by atoms with van der Waals surface area (Å²) < 4.78 is 13.7. The lowest BCUT2D eigenvalue weighted by atomic mass is 10.0. The summed E-state index contributed by atoms with van der Waals surface area (Å²) in [5.74, 6) is -0.190. The largest absolute Gasteiger partial charge is 0.267 e. The number of halogens is 1. The molecule has 20 heavy (non-hydrogen) atoms. The van der Waals surface area contributed by atoms with Gasteiger partial charge in [0.25, 0.3) is 0 Å². The minimum absolute atomic E-state index is 0.190. The SMILES string of the molecule is C=CC=CC(=CC)C1=NN(C)C(c2sccc2F)=CC1. The molecule has 104 valence electrons. The molecule has 0 atom stereocenters. The van der Waals surface area contributed by atoms with E-state index in [9.17, 15) is 4.39 Å². The summed E-state index contributed by atoms with van der Waals surface area (Å²) in [6.45, 7) is 5.64. The van der Waals surface area contributed by atoms with Crippen LogP contribution in [-0.4, -0.2) is 17.8 Å². The van der Waals surface area contributed by atoms with Crippen molar-refractivity contribution in [2.75, 3.05) is 7.05 Å². The van der Waals surface area contributed by atoms with E-state index in [1.807, 2.05) is 38.3 Å². The van der Waals surface area contributed by atoms with Crippen molar-refractivity contribution in [2.45, 2.75) is 13.3 Å². The number of hydrogen-bond acceptors (Lipinski definition) is 3. The Morgan fingerprint density at radius 3 is 2.90 bits per heavy atom. The van der Waals surface area contributed by atoms with Crippen LogP contribution in [0.4, 0.5) is 4.39 Å². The second-order valence-electron chi connectivity index (χ2n) is 4.30. The number of hydrogen-bond donors (Lipinski definition) is 0. The summed E-state index contributed by atoms with van der Waals surface area (Å²) in [6.07, 6.45) is 10.3. The van der Waals surface area contributed by atoms with Gasteiger partial charge in [0.2, 0.25) is 0 Å². The van der Waals surface area contributed by atoms with E-state index in [0.717, 1.165) is 17.0 Å². The van der Waals surface area contributed by atoms with Gasteiger partial charge in [-0.1, -0.05) is 37.0 Å². The molecule has 0 saturated heterocycles. The predicted octanol–water partition coefficient (Wildman–Crippen LogP) is 4.61. The van der Waals surface area contributed by atoms with Gasteiger partial charge in [-0.15, -0.1) is 11.3 Å². The molecule has 1 aliphatic rings. The van der Waals surface area contributed by atoms with Gasteiger partial charge in [0.1, 0.15) is 5.82 Å². The predicted molar refractivity (Wildman–Crippen MR) is 85.2 cm³/mol. The molecule has 2 nitrogen and oxygen atoms in total. The molecular weight excluding hydrogens is 271 g/mol. The Kier molecular flexibility index (Phi) is 4.69. The molecule has 1 aromatic rings. The fourth-order valence-electron chi connectivity index (χ4n) is 2.02. The van der Waals surface area contributed by atoms with Gasteiger partial charge in [-0.3, -0.25) is 5.01 Å². The lowest BCUT2D eigenvalue weighted by Crippen LogP contribution is -2.18. The first-order valence-corrected chi connectivity index (χ1v) is 7.25. The van der Waals surface area contributed by atoms with Crippen LogP contribution < -0.4 is 0 Å². The lowest BCUT2D eigenvalue weighted by molar-refractivity contribution is 0.504. The van der Waals surface area contributed by atoms with Gasteiger partial charge >= 0.3 is 0 Å². The molecule has 0 bridgehead atoms. The van der Waals surface area contributed by atoms with Crippen molar-refractivity contribution in [3.05, 3.63) is 64.7 Å². The smallest absolute Gasteiger partial charge is 0.143 e. The van der Waals surface area contributed by atoms with E-state index < -0.39 is 0 Å². The second-order valence-corrected chi connectivity index (χ2v) is 5.22. The summed E-state index contributed by atoms with van der Waals surface area (Å²) in [5, 5.41) is 8.04. The average molecular weight is 288 g/mol. The maximum absolute atomic E-state index is 13.7. The minimum Gasteiger partial charge on any atom is -0.267 e. The van der Waals surface area contributed by atoms with Gasteiger partial charge in [-0.05, 0) is 23.9 Å². The van der Waals surface area contributed by atoms with Crippen LogP contribution in [0, 0.1) is 5.82 Å². The van der Waals surface area contributed by atoms with Crippen LogP contribution in [0.25, 0.3) is 5.70 Å². The number of hydrazone groups is 1. The lowest BCUT2D eigenvalue weighted by Gasteiger charge is -2.23. The van der Waals surface area contributed by atoms with Crippen molar-refractivity contribution < 1.29 is 4.39 Å². The summed E-state index contributed by atoms with van der Waals surface area (Å²) in [7, 11) is 1.84. The van der Waals surface area contributed by atoms with Gasteiger partial charge in [0, 0.05) is 13.5 Å². The Labute approximate surface area is 122 Å². The molecule has 0 saturated carbocycles. The van der Waals surface area contributed by atoms with Crippen molar-refractivity contribution in [1.29, 1.82) is 0 Å². The van der Waals surface area contributed by atoms with Gasteiger partial charge in [-0.2, -0.15) is 5.10 Å². The quantitative estimate of drug-likeness (QED) is 0.739. The molecule has 0 N–H and O–H groups in total. The fraction of sp³-hybridized carbons (Fsp3) is 0.188. The molecule has 1 aromatic heterocycles. The van der Waals surface area contributed by atoms with Crippen molar-refractivity contribution in [3.8, 4) is 0 Å². The zero-order valence-corrected chi connectivity index (χ0v) is 12.5. The van der Waals surface area contributed by atoms with Crippen molar-refractivity contribution >= 4 is 22.7 Å². The number of allylic oxidation sites excluding steroid dienone is 6. The highest BCUT2D eigenvalue weighted by Gasteiger charge is 2.18. The van der Waals surface area contributed by atoms with Crippen molar-refractivity contribution in [1.82, 2.24) is 5.01 Å². The zero-order chi connectivity index (χ0) is 14.5. The molecule has 2 rings (SSSR count). The van der Waals surface area contributed by atoms with Gasteiger partial charge in [0.15, 0.2) is 0 Å². The number of nitrogens with zero attached hydrogens (tertiary/aromatic N) is 2. The molecule has 0 amide bonds. The Morgan fingerprint density at radius 2 is 2.35 bits per heavy atom. The van der Waals surface area contributed by atoms with Gasteiger partial charge in [-0.25, -0.2) is 4.39 Å². The number of rotatable bonds is 4. The average Bonchev–Trinajstić information content (AvgIpc) is 2.86. The first kappa shape index (κ1) is 14.5. The first-order chi connectivity index (χ1) is 9.67. The minimum atomic E-state index is -0.190. The summed E-state index contributed by atoms with van der Waals surface area (Å²) >= 11 is 1.39. The van der Waals surface area contributed by atoms with Crippen LogP contribution in [0.5, 0.6) is 0 Å². The maximum Gasteiger partial charge on any atom is 0.143 e. The van der Waals surface area contributed by atoms with E-state index in [1.165, 1.54) is 17.4 Å². The van der Waals surface area contributed by atoms with Crippen molar-refractivity contribution in [3.63, 3.8) is 0 Å². The highest BCUT2D eigenvalue weighted by atomic mass is 32.1. The number of thiophene rings is 1. The summed E-state index contributed by atoms with van der Waals surface area (Å²) in [6, 6.07) is 1.48. The van der Waals surface area contributed by atoms with Crippen LogP contribution in [0.2, 0.25) is 0 Å². The molecule has 4 heteroatoms. The Bertz CT molecular complexity index is 620. The first-order valence-electron chi connectivity index (χ1n) is 6.38. The monoisotopic (exact) mass is 288 g/mol. The van der Waals surface area contributed by atoms with Crippen LogP contribution in [-0.2, 0) is 0 Å². The Hall–Kier alpha value is -1.94. The maximum atomic E-state index is 13.7. The molecule has 0 aromatic carbocycles. The van der Waals surface area contributed by atoms with E-state index in [4.69, 9.17) is 0 Å². The Balaban J connectivity index is 2.23. The van der Waals surface area contributed by atoms with E-state index in [1.54, 1.807) is 16.5 Å². The zero-order valence-electron chi connectivity index (χ0n) is 11.6. The molecule has 2 heterocycles. The van der Waals surface area contributed by atoms with E-state index in [0.29, 0.717) is 11.3 Å². The third kappa shape index (κ3) is 2.96. The molecule has 0 spiro atoms. The van der Waals surface area contributed by atoms with Gasteiger partial charge in [0.05, 0.1) is 16.3 Å². The topological polar surface area (TPSA) is 15.6 Å². The third-order valence-corrected chi connectivity index (χ3v) is 3.93. The molecule has 0 fully saturated rings. The molecule has 0 aliphatic carbocycles. The van der Waals surface area contributed by atoms with E-state index in [2.05, 4.69) is 11.7 Å². The molecular formula is C16H17FN2S. The standard InChI is InChI=1S/C16H17FN2S/c1-4-6-7-12(5-2)14-8-9-15(19(3)18-14)16-13(17)10-11-20-16/h4-7,9-11H,1,8H2,2-3H3. The third-order valence-electron chi connectivity index (χ3n) is 3.01.